The molecule has 1 unspecified atom stereocenters. The molecule has 0 aliphatic rings. The highest BCUT2D eigenvalue weighted by atomic mass is 19.2. The van der Waals surface area contributed by atoms with Gasteiger partial charge in [-0.2, -0.15) is 0 Å². The maximum atomic E-state index is 13.7. The molecule has 0 radical (unpaired) electrons. The number of hydrogen-bond acceptors (Lipinski definition) is 2. The van der Waals surface area contributed by atoms with Crippen LogP contribution in [0.2, 0.25) is 0 Å². The first-order valence-electron chi connectivity index (χ1n) is 6.58. The lowest BCUT2D eigenvalue weighted by molar-refractivity contribution is 0.282. The molecule has 0 saturated heterocycles. The van der Waals surface area contributed by atoms with Crippen LogP contribution in [0, 0.1) is 17.5 Å². The van der Waals surface area contributed by atoms with E-state index in [0.717, 1.165) is 25.7 Å². The van der Waals surface area contributed by atoms with Crippen LogP contribution in [0.5, 0.6) is 0 Å². The Hall–Kier alpha value is -1.07. The van der Waals surface area contributed by atoms with Crippen LogP contribution in [-0.2, 0) is 0 Å². The summed E-state index contributed by atoms with van der Waals surface area (Å²) >= 11 is 0. The van der Waals surface area contributed by atoms with Crippen LogP contribution in [0.25, 0.3) is 0 Å². The second-order valence-electron chi connectivity index (χ2n) is 4.42. The van der Waals surface area contributed by atoms with Gasteiger partial charge in [-0.1, -0.05) is 19.9 Å². The second-order valence-corrected chi connectivity index (χ2v) is 4.42. The van der Waals surface area contributed by atoms with Gasteiger partial charge in [0.05, 0.1) is 0 Å². The molecular formula is C14H21F3N2. The Morgan fingerprint density at radius 2 is 1.74 bits per heavy atom. The minimum atomic E-state index is -1.40. The summed E-state index contributed by atoms with van der Waals surface area (Å²) in [7, 11) is 1.69. The molecule has 5 heteroatoms. The highest BCUT2D eigenvalue weighted by Gasteiger charge is 2.20. The number of rotatable bonds is 7. The van der Waals surface area contributed by atoms with Gasteiger partial charge in [0.2, 0.25) is 0 Å². The van der Waals surface area contributed by atoms with Gasteiger partial charge >= 0.3 is 0 Å². The van der Waals surface area contributed by atoms with E-state index in [0.29, 0.717) is 6.42 Å². The Kier molecular flexibility index (Phi) is 6.31. The summed E-state index contributed by atoms with van der Waals surface area (Å²) in [5.41, 5.74) is 0.175. The quantitative estimate of drug-likeness (QED) is 0.769. The van der Waals surface area contributed by atoms with Crippen LogP contribution in [0.1, 0.15) is 31.9 Å². The van der Waals surface area contributed by atoms with Gasteiger partial charge < -0.3 is 10.2 Å². The van der Waals surface area contributed by atoms with E-state index < -0.39 is 17.5 Å². The predicted octanol–water partition coefficient (Wildman–Crippen LogP) is 3.10. The molecule has 1 atom stereocenters. The summed E-state index contributed by atoms with van der Waals surface area (Å²) in [6.45, 7) is 6.70. The lowest BCUT2D eigenvalue weighted by Gasteiger charge is -2.23. The third-order valence-corrected chi connectivity index (χ3v) is 3.42. The van der Waals surface area contributed by atoms with Crippen LogP contribution in [0.15, 0.2) is 12.1 Å². The zero-order chi connectivity index (χ0) is 14.4. The molecule has 0 heterocycles. The Morgan fingerprint density at radius 3 is 2.26 bits per heavy atom. The third kappa shape index (κ3) is 3.94. The molecule has 0 fully saturated rings. The molecule has 0 amide bonds. The predicted molar refractivity (Wildman–Crippen MR) is 70.5 cm³/mol. The molecule has 1 N–H and O–H groups in total. The van der Waals surface area contributed by atoms with E-state index in [9.17, 15) is 13.2 Å². The molecule has 1 aromatic rings. The van der Waals surface area contributed by atoms with Gasteiger partial charge in [-0.3, -0.25) is 0 Å². The van der Waals surface area contributed by atoms with Crippen molar-refractivity contribution < 1.29 is 13.2 Å². The zero-order valence-electron chi connectivity index (χ0n) is 11.6. The van der Waals surface area contributed by atoms with Crippen molar-refractivity contribution in [1.82, 2.24) is 10.2 Å². The first kappa shape index (κ1) is 16.0. The van der Waals surface area contributed by atoms with Gasteiger partial charge in [-0.05, 0) is 39.2 Å². The van der Waals surface area contributed by atoms with Crippen molar-refractivity contribution in [1.29, 1.82) is 0 Å². The van der Waals surface area contributed by atoms with Crippen LogP contribution in [0.4, 0.5) is 13.2 Å². The normalized spacial score (nSPS) is 13.0. The Bertz CT molecular complexity index is 406. The Balaban J connectivity index is 2.83. The molecule has 19 heavy (non-hydrogen) atoms. The van der Waals surface area contributed by atoms with Gasteiger partial charge in [0, 0.05) is 11.6 Å². The summed E-state index contributed by atoms with van der Waals surface area (Å²) in [6.07, 6.45) is 0.639. The smallest absolute Gasteiger partial charge is 0.194 e. The second kappa shape index (κ2) is 7.50. The van der Waals surface area contributed by atoms with Gasteiger partial charge in [0.25, 0.3) is 0 Å². The van der Waals surface area contributed by atoms with Crippen LogP contribution < -0.4 is 5.32 Å². The van der Waals surface area contributed by atoms with Crippen molar-refractivity contribution in [2.24, 2.45) is 0 Å². The molecule has 0 aliphatic carbocycles. The molecule has 0 aromatic heterocycles. The minimum Gasteiger partial charge on any atom is -0.313 e. The number of nitrogens with zero attached hydrogens (tertiary/aromatic N) is 1. The SMILES string of the molecule is CCN(CC)CCC(NC)c1ccc(F)c(F)c1F. The average molecular weight is 274 g/mol. The van der Waals surface area contributed by atoms with Crippen molar-refractivity contribution in [3.05, 3.63) is 35.1 Å². The highest BCUT2D eigenvalue weighted by molar-refractivity contribution is 5.23. The number of benzene rings is 1. The topological polar surface area (TPSA) is 15.3 Å². The molecule has 108 valence electrons. The van der Waals surface area contributed by atoms with E-state index in [1.54, 1.807) is 7.05 Å². The lowest BCUT2D eigenvalue weighted by Crippen LogP contribution is -2.28. The molecule has 0 aliphatic heterocycles. The van der Waals surface area contributed by atoms with Crippen molar-refractivity contribution in [3.63, 3.8) is 0 Å². The first-order chi connectivity index (χ1) is 9.04. The van der Waals surface area contributed by atoms with E-state index in [-0.39, 0.29) is 11.6 Å². The van der Waals surface area contributed by atoms with Crippen LogP contribution >= 0.6 is 0 Å². The Labute approximate surface area is 112 Å². The molecule has 1 rings (SSSR count). The molecule has 1 aromatic carbocycles. The van der Waals surface area contributed by atoms with Gasteiger partial charge in [-0.15, -0.1) is 0 Å². The van der Waals surface area contributed by atoms with E-state index in [1.165, 1.54) is 6.07 Å². The average Bonchev–Trinajstić information content (AvgIpc) is 2.43. The van der Waals surface area contributed by atoms with E-state index in [4.69, 9.17) is 0 Å². The molecule has 0 spiro atoms. The van der Waals surface area contributed by atoms with Crippen LogP contribution in [0.3, 0.4) is 0 Å². The van der Waals surface area contributed by atoms with Crippen molar-refractivity contribution in [2.75, 3.05) is 26.7 Å². The standard InChI is InChI=1S/C14H21F3N2/c1-4-19(5-2)9-8-12(18-3)10-6-7-11(15)14(17)13(10)16/h6-7,12,18H,4-5,8-9H2,1-3H3. The fourth-order valence-electron chi connectivity index (χ4n) is 2.12. The largest absolute Gasteiger partial charge is 0.313 e. The highest BCUT2D eigenvalue weighted by Crippen LogP contribution is 2.23. The monoisotopic (exact) mass is 274 g/mol. The van der Waals surface area contributed by atoms with Gasteiger partial charge in [-0.25, -0.2) is 13.2 Å². The summed E-state index contributed by atoms with van der Waals surface area (Å²) < 4.78 is 39.9. The molecule has 2 nitrogen and oxygen atoms in total. The minimum absolute atomic E-state index is 0.175. The summed E-state index contributed by atoms with van der Waals surface area (Å²) in [4.78, 5) is 2.20. The fourth-order valence-corrected chi connectivity index (χ4v) is 2.12. The maximum absolute atomic E-state index is 13.7. The lowest BCUT2D eigenvalue weighted by atomic mass is 10.0. The number of halogens is 3. The van der Waals surface area contributed by atoms with Crippen molar-refractivity contribution in [3.8, 4) is 0 Å². The number of hydrogen-bond donors (Lipinski definition) is 1. The molecule has 0 bridgehead atoms. The first-order valence-corrected chi connectivity index (χ1v) is 6.58. The maximum Gasteiger partial charge on any atom is 0.194 e. The van der Waals surface area contributed by atoms with Gasteiger partial charge in [0.1, 0.15) is 0 Å². The summed E-state index contributed by atoms with van der Waals surface area (Å²) in [5.74, 6) is -3.65. The fraction of sp³-hybridized carbons (Fsp3) is 0.571. The molecule has 0 saturated carbocycles. The zero-order valence-corrected chi connectivity index (χ0v) is 11.6. The third-order valence-electron chi connectivity index (χ3n) is 3.42. The van der Waals surface area contributed by atoms with Crippen molar-refractivity contribution in [2.45, 2.75) is 26.3 Å². The molecular weight excluding hydrogens is 253 g/mol. The van der Waals surface area contributed by atoms with Crippen molar-refractivity contribution >= 4 is 0 Å². The van der Waals surface area contributed by atoms with E-state index >= 15 is 0 Å². The summed E-state index contributed by atoms with van der Waals surface area (Å²) in [5, 5.41) is 2.95. The van der Waals surface area contributed by atoms with E-state index in [2.05, 4.69) is 24.1 Å². The van der Waals surface area contributed by atoms with Gasteiger partial charge in [0.15, 0.2) is 17.5 Å². The summed E-state index contributed by atoms with van der Waals surface area (Å²) in [6, 6.07) is 1.95. The van der Waals surface area contributed by atoms with Crippen LogP contribution in [-0.4, -0.2) is 31.6 Å². The number of nitrogens with one attached hydrogen (secondary N) is 1. The van der Waals surface area contributed by atoms with E-state index in [1.807, 2.05) is 0 Å². The Morgan fingerprint density at radius 1 is 1.11 bits per heavy atom.